The molecular formula is C9H15N3O5S. The fourth-order valence-corrected chi connectivity index (χ4v) is 2.28. The van der Waals surface area contributed by atoms with Crippen LogP contribution >= 0.6 is 0 Å². The molecule has 0 atom stereocenters. The molecule has 0 bridgehead atoms. The van der Waals surface area contributed by atoms with Crippen LogP contribution in [0.2, 0.25) is 0 Å². The highest BCUT2D eigenvalue weighted by Gasteiger charge is 2.11. The summed E-state index contributed by atoms with van der Waals surface area (Å²) in [5, 5.41) is 3.40. The number of rotatable bonds is 8. The molecule has 0 unspecified atom stereocenters. The number of aromatic nitrogens is 2. The van der Waals surface area contributed by atoms with Gasteiger partial charge >= 0.3 is 5.97 Å². The van der Waals surface area contributed by atoms with E-state index in [0.717, 1.165) is 0 Å². The first kappa shape index (κ1) is 14.6. The smallest absolute Gasteiger partial charge is 0.305 e. The van der Waals surface area contributed by atoms with Crippen LogP contribution in [-0.4, -0.2) is 43.9 Å². The topological polar surface area (TPSA) is 111 Å². The van der Waals surface area contributed by atoms with Crippen molar-refractivity contribution in [1.82, 2.24) is 14.9 Å². The van der Waals surface area contributed by atoms with E-state index in [1.165, 1.54) is 13.4 Å². The molecule has 0 radical (unpaired) electrons. The number of carbonyl (C=O) groups is 1. The van der Waals surface area contributed by atoms with Crippen LogP contribution in [0.4, 0.5) is 0 Å². The molecule has 0 aliphatic heterocycles. The summed E-state index contributed by atoms with van der Waals surface area (Å²) in [6.45, 7) is 0.183. The van der Waals surface area contributed by atoms with Gasteiger partial charge in [-0.25, -0.2) is 13.1 Å². The first-order valence-corrected chi connectivity index (χ1v) is 6.98. The maximum Gasteiger partial charge on any atom is 0.305 e. The Morgan fingerprint density at radius 3 is 2.94 bits per heavy atom. The zero-order valence-electron chi connectivity index (χ0n) is 9.96. The van der Waals surface area contributed by atoms with Gasteiger partial charge in [0.15, 0.2) is 6.33 Å². The first-order valence-electron chi connectivity index (χ1n) is 5.33. The van der Waals surface area contributed by atoms with E-state index in [-0.39, 0.29) is 25.1 Å². The standard InChI is InChI=1S/C9H15N3O5S/c1-16-9(13)3-2-6-18(14,15)12-5-4-8-10-7-11-17-8/h7,12H,2-6H2,1H3. The van der Waals surface area contributed by atoms with Crippen LogP contribution in [0, 0.1) is 0 Å². The highest BCUT2D eigenvalue weighted by atomic mass is 32.2. The van der Waals surface area contributed by atoms with E-state index < -0.39 is 16.0 Å². The Labute approximate surface area is 105 Å². The van der Waals surface area contributed by atoms with Crippen molar-refractivity contribution in [1.29, 1.82) is 0 Å². The van der Waals surface area contributed by atoms with Crippen molar-refractivity contribution < 1.29 is 22.5 Å². The lowest BCUT2D eigenvalue weighted by Crippen LogP contribution is -2.28. The van der Waals surface area contributed by atoms with E-state index in [1.54, 1.807) is 0 Å². The SMILES string of the molecule is COC(=O)CCCS(=O)(=O)NCCc1ncno1. The third-order valence-electron chi connectivity index (χ3n) is 2.09. The van der Waals surface area contributed by atoms with Crippen molar-refractivity contribution in [3.05, 3.63) is 12.2 Å². The van der Waals surface area contributed by atoms with Gasteiger partial charge in [0, 0.05) is 19.4 Å². The highest BCUT2D eigenvalue weighted by Crippen LogP contribution is 1.97. The molecule has 18 heavy (non-hydrogen) atoms. The molecule has 1 heterocycles. The van der Waals surface area contributed by atoms with Gasteiger partial charge in [-0.1, -0.05) is 5.16 Å². The van der Waals surface area contributed by atoms with Crippen molar-refractivity contribution in [3.8, 4) is 0 Å². The van der Waals surface area contributed by atoms with Crippen LogP contribution in [0.1, 0.15) is 18.7 Å². The van der Waals surface area contributed by atoms with E-state index in [0.29, 0.717) is 12.3 Å². The third kappa shape index (κ3) is 5.73. The minimum atomic E-state index is -3.39. The zero-order chi connectivity index (χ0) is 13.4. The zero-order valence-corrected chi connectivity index (χ0v) is 10.8. The maximum atomic E-state index is 11.5. The molecule has 9 heteroatoms. The molecular weight excluding hydrogens is 262 g/mol. The summed E-state index contributed by atoms with van der Waals surface area (Å²) in [4.78, 5) is 14.6. The summed E-state index contributed by atoms with van der Waals surface area (Å²) in [5.74, 6) is -0.172. The molecule has 0 saturated heterocycles. The molecule has 0 fully saturated rings. The van der Waals surface area contributed by atoms with Gasteiger partial charge < -0.3 is 9.26 Å². The molecule has 1 rings (SSSR count). The van der Waals surface area contributed by atoms with Gasteiger partial charge in [-0.05, 0) is 6.42 Å². The summed E-state index contributed by atoms with van der Waals surface area (Å²) < 4.78 is 34.5. The number of esters is 1. The van der Waals surface area contributed by atoms with E-state index in [4.69, 9.17) is 4.52 Å². The van der Waals surface area contributed by atoms with E-state index in [1.807, 2.05) is 0 Å². The Hall–Kier alpha value is -1.48. The monoisotopic (exact) mass is 277 g/mol. The summed E-state index contributed by atoms with van der Waals surface area (Å²) >= 11 is 0. The number of sulfonamides is 1. The predicted molar refractivity (Wildman–Crippen MR) is 61.0 cm³/mol. The Bertz CT molecular complexity index is 457. The van der Waals surface area contributed by atoms with Crippen LogP contribution in [0.25, 0.3) is 0 Å². The fourth-order valence-electron chi connectivity index (χ4n) is 1.20. The van der Waals surface area contributed by atoms with Gasteiger partial charge in [0.1, 0.15) is 0 Å². The lowest BCUT2D eigenvalue weighted by Gasteiger charge is -2.04. The number of carbonyl (C=O) groups excluding carboxylic acids is 1. The lowest BCUT2D eigenvalue weighted by molar-refractivity contribution is -0.140. The summed E-state index contributed by atoms with van der Waals surface area (Å²) in [5.41, 5.74) is 0. The second-order valence-corrected chi connectivity index (χ2v) is 5.40. The Kier molecular flexibility index (Phi) is 5.72. The van der Waals surface area contributed by atoms with Crippen molar-refractivity contribution in [2.75, 3.05) is 19.4 Å². The number of methoxy groups -OCH3 is 1. The van der Waals surface area contributed by atoms with Gasteiger partial charge in [-0.15, -0.1) is 0 Å². The Morgan fingerprint density at radius 1 is 1.56 bits per heavy atom. The van der Waals surface area contributed by atoms with Crippen LogP contribution in [0.3, 0.4) is 0 Å². The number of nitrogens with one attached hydrogen (secondary N) is 1. The van der Waals surface area contributed by atoms with Crippen LogP contribution < -0.4 is 4.72 Å². The average Bonchev–Trinajstić information content (AvgIpc) is 2.81. The second-order valence-electron chi connectivity index (χ2n) is 3.48. The molecule has 0 amide bonds. The molecule has 0 aromatic carbocycles. The minimum absolute atomic E-state index is 0.0844. The van der Waals surface area contributed by atoms with E-state index >= 15 is 0 Å². The van der Waals surface area contributed by atoms with Gasteiger partial charge in [-0.3, -0.25) is 4.79 Å². The summed E-state index contributed by atoms with van der Waals surface area (Å²) in [6.07, 6.45) is 1.89. The highest BCUT2D eigenvalue weighted by molar-refractivity contribution is 7.89. The molecule has 0 spiro atoms. The van der Waals surface area contributed by atoms with Crippen molar-refractivity contribution in [2.45, 2.75) is 19.3 Å². The van der Waals surface area contributed by atoms with Gasteiger partial charge in [0.2, 0.25) is 15.9 Å². The quantitative estimate of drug-likeness (QED) is 0.636. The molecule has 0 aliphatic rings. The number of nitrogens with zero attached hydrogens (tertiary/aromatic N) is 2. The fraction of sp³-hybridized carbons (Fsp3) is 0.667. The molecule has 8 nitrogen and oxygen atoms in total. The van der Waals surface area contributed by atoms with Crippen LogP contribution in [0.15, 0.2) is 10.9 Å². The van der Waals surface area contributed by atoms with Crippen LogP contribution in [0.5, 0.6) is 0 Å². The van der Waals surface area contributed by atoms with E-state index in [2.05, 4.69) is 19.6 Å². The average molecular weight is 277 g/mol. The van der Waals surface area contributed by atoms with Gasteiger partial charge in [-0.2, -0.15) is 4.98 Å². The Balaban J connectivity index is 2.21. The molecule has 0 saturated carbocycles. The van der Waals surface area contributed by atoms with Crippen LogP contribution in [-0.2, 0) is 26.0 Å². The van der Waals surface area contributed by atoms with E-state index in [9.17, 15) is 13.2 Å². The first-order chi connectivity index (χ1) is 8.53. The molecule has 0 aliphatic carbocycles. The molecule has 1 N–H and O–H groups in total. The number of ether oxygens (including phenoxy) is 1. The number of hydrogen-bond donors (Lipinski definition) is 1. The van der Waals surface area contributed by atoms with Crippen molar-refractivity contribution in [2.24, 2.45) is 0 Å². The van der Waals surface area contributed by atoms with Crippen molar-refractivity contribution in [3.63, 3.8) is 0 Å². The summed E-state index contributed by atoms with van der Waals surface area (Å²) in [6, 6.07) is 0. The lowest BCUT2D eigenvalue weighted by atomic mass is 10.3. The second kappa shape index (κ2) is 7.07. The molecule has 1 aromatic rings. The largest absolute Gasteiger partial charge is 0.469 e. The minimum Gasteiger partial charge on any atom is -0.469 e. The third-order valence-corrected chi connectivity index (χ3v) is 3.56. The molecule has 1 aromatic heterocycles. The predicted octanol–water partition coefficient (Wildman–Crippen LogP) is -0.515. The van der Waals surface area contributed by atoms with Gasteiger partial charge in [0.05, 0.1) is 12.9 Å². The number of hydrogen-bond acceptors (Lipinski definition) is 7. The maximum absolute atomic E-state index is 11.5. The summed E-state index contributed by atoms with van der Waals surface area (Å²) in [7, 11) is -2.12. The Morgan fingerprint density at radius 2 is 2.33 bits per heavy atom. The van der Waals surface area contributed by atoms with Crippen molar-refractivity contribution >= 4 is 16.0 Å². The van der Waals surface area contributed by atoms with Gasteiger partial charge in [0.25, 0.3) is 0 Å². The molecule has 102 valence electrons. The normalized spacial score (nSPS) is 11.4.